The minimum atomic E-state index is -4.54. The first-order valence-electron chi connectivity index (χ1n) is 7.47. The lowest BCUT2D eigenvalue weighted by Gasteiger charge is -2.13. The predicted molar refractivity (Wildman–Crippen MR) is 101 cm³/mol. The molecule has 2 rings (SSSR count). The maximum absolute atomic E-state index is 13.0. The number of nitrogens with one attached hydrogen (secondary N) is 1. The highest BCUT2D eigenvalue weighted by Gasteiger charge is 2.31. The van der Waals surface area contributed by atoms with Crippen LogP contribution in [0.5, 0.6) is 5.75 Å². The number of anilines is 1. The molecule has 1 heterocycles. The zero-order valence-corrected chi connectivity index (χ0v) is 16.1. The van der Waals surface area contributed by atoms with E-state index in [1.54, 1.807) is 13.2 Å². The van der Waals surface area contributed by atoms with Crippen molar-refractivity contribution < 1.29 is 22.7 Å². The van der Waals surface area contributed by atoms with Crippen LogP contribution in [0.15, 0.2) is 35.3 Å². The Kier molecular flexibility index (Phi) is 6.72. The number of methoxy groups -OCH3 is 1. The van der Waals surface area contributed by atoms with Gasteiger partial charge in [0.05, 0.1) is 12.7 Å². The second kappa shape index (κ2) is 8.62. The van der Waals surface area contributed by atoms with Crippen LogP contribution in [0.2, 0.25) is 5.15 Å². The lowest BCUT2D eigenvalue weighted by Crippen LogP contribution is -2.12. The van der Waals surface area contributed by atoms with Crippen molar-refractivity contribution in [2.45, 2.75) is 13.1 Å². The molecular weight excluding hydrogens is 403 g/mol. The van der Waals surface area contributed by atoms with Gasteiger partial charge in [0.2, 0.25) is 0 Å². The third-order valence-electron chi connectivity index (χ3n) is 3.29. The number of benzene rings is 1. The second-order valence-electron chi connectivity index (χ2n) is 5.32. The number of amides is 1. The number of hydrogen-bond acceptors (Lipinski definition) is 4. The third kappa shape index (κ3) is 5.86. The summed E-state index contributed by atoms with van der Waals surface area (Å²) >= 11 is 6.91. The molecule has 10 heteroatoms. The standard InChI is InChI=1S/C17H15ClF3N3O2S/c1-9-4-10(5-14(18)22-9)15(25)24-16(27-3)23-12-6-11(17(19,20)21)7-13(8-12)26-2/h4-8H,1-3H3,(H,23,24,25). The zero-order valence-electron chi connectivity index (χ0n) is 14.5. The monoisotopic (exact) mass is 417 g/mol. The number of halogens is 4. The topological polar surface area (TPSA) is 63.6 Å². The Morgan fingerprint density at radius 2 is 1.96 bits per heavy atom. The quantitative estimate of drug-likeness (QED) is 0.430. The predicted octanol–water partition coefficient (Wildman–Crippen LogP) is 5.04. The number of ether oxygens (including phenoxy) is 1. The van der Waals surface area contributed by atoms with Crippen molar-refractivity contribution >= 4 is 40.1 Å². The largest absolute Gasteiger partial charge is 0.497 e. The molecule has 0 atom stereocenters. The van der Waals surface area contributed by atoms with E-state index in [0.29, 0.717) is 5.69 Å². The van der Waals surface area contributed by atoms with E-state index in [0.717, 1.165) is 23.9 Å². The van der Waals surface area contributed by atoms with E-state index < -0.39 is 17.6 Å². The minimum absolute atomic E-state index is 0.0237. The number of aryl methyl sites for hydroxylation is 1. The van der Waals surface area contributed by atoms with Crippen LogP contribution in [0, 0.1) is 6.92 Å². The van der Waals surface area contributed by atoms with Crippen LogP contribution < -0.4 is 10.1 Å². The van der Waals surface area contributed by atoms with Gasteiger partial charge in [-0.1, -0.05) is 23.4 Å². The number of hydrogen-bond donors (Lipinski definition) is 1. The van der Waals surface area contributed by atoms with Gasteiger partial charge in [0.25, 0.3) is 5.91 Å². The Labute approximate surface area is 163 Å². The molecule has 2 aromatic rings. The maximum atomic E-state index is 13.0. The number of amidine groups is 1. The Morgan fingerprint density at radius 1 is 1.26 bits per heavy atom. The molecule has 1 aromatic carbocycles. The number of thioether (sulfide) groups is 1. The molecule has 0 saturated carbocycles. The first-order chi connectivity index (χ1) is 12.6. The van der Waals surface area contributed by atoms with E-state index >= 15 is 0 Å². The highest BCUT2D eigenvalue weighted by atomic mass is 35.5. The Balaban J connectivity index is 2.33. The molecule has 0 saturated heterocycles. The van der Waals surface area contributed by atoms with Crippen LogP contribution in [0.4, 0.5) is 18.9 Å². The van der Waals surface area contributed by atoms with E-state index in [4.69, 9.17) is 16.3 Å². The summed E-state index contributed by atoms with van der Waals surface area (Å²) in [4.78, 5) is 20.2. The van der Waals surface area contributed by atoms with Crippen LogP contribution in [-0.2, 0) is 6.18 Å². The summed E-state index contributed by atoms with van der Waals surface area (Å²) in [6, 6.07) is 6.05. The Morgan fingerprint density at radius 3 is 2.52 bits per heavy atom. The molecule has 0 unspecified atom stereocenters. The van der Waals surface area contributed by atoms with Gasteiger partial charge in [-0.3, -0.25) is 4.79 Å². The highest BCUT2D eigenvalue weighted by Crippen LogP contribution is 2.34. The highest BCUT2D eigenvalue weighted by molar-refractivity contribution is 8.13. The number of pyridine rings is 1. The normalized spacial score (nSPS) is 12.0. The van der Waals surface area contributed by atoms with Gasteiger partial charge >= 0.3 is 6.18 Å². The zero-order chi connectivity index (χ0) is 20.2. The summed E-state index contributed by atoms with van der Waals surface area (Å²) in [6.45, 7) is 1.68. The molecule has 1 N–H and O–H groups in total. The van der Waals surface area contributed by atoms with Crippen molar-refractivity contribution in [3.05, 3.63) is 52.3 Å². The van der Waals surface area contributed by atoms with E-state index in [1.807, 2.05) is 0 Å². The smallest absolute Gasteiger partial charge is 0.416 e. The van der Waals surface area contributed by atoms with Gasteiger partial charge in [0.1, 0.15) is 10.9 Å². The number of rotatable bonds is 3. The summed E-state index contributed by atoms with van der Waals surface area (Å²) in [7, 11) is 1.27. The van der Waals surface area contributed by atoms with Crippen LogP contribution in [0.1, 0.15) is 21.6 Å². The molecule has 0 fully saturated rings. The molecule has 0 aliphatic carbocycles. The van der Waals surface area contributed by atoms with E-state index in [1.165, 1.54) is 25.3 Å². The van der Waals surface area contributed by atoms with Crippen molar-refractivity contribution in [2.75, 3.05) is 18.7 Å². The number of aliphatic imine (C=N–C) groups is 1. The summed E-state index contributed by atoms with van der Waals surface area (Å²) in [6.07, 6.45) is -2.91. The second-order valence-corrected chi connectivity index (χ2v) is 6.50. The molecule has 0 aliphatic rings. The molecule has 144 valence electrons. The van der Waals surface area contributed by atoms with E-state index in [2.05, 4.69) is 15.3 Å². The first-order valence-corrected chi connectivity index (χ1v) is 9.07. The van der Waals surface area contributed by atoms with Gasteiger partial charge in [-0.05, 0) is 37.4 Å². The van der Waals surface area contributed by atoms with Gasteiger partial charge in [-0.2, -0.15) is 18.2 Å². The van der Waals surface area contributed by atoms with Crippen molar-refractivity contribution in [3.63, 3.8) is 0 Å². The fourth-order valence-electron chi connectivity index (χ4n) is 2.11. The lowest BCUT2D eigenvalue weighted by atomic mass is 10.2. The molecule has 5 nitrogen and oxygen atoms in total. The van der Waals surface area contributed by atoms with Gasteiger partial charge in [0, 0.05) is 23.0 Å². The Bertz CT molecular complexity index is 868. The Hall–Kier alpha value is -2.26. The number of carbonyl (C=O) groups is 1. The van der Waals surface area contributed by atoms with E-state index in [9.17, 15) is 18.0 Å². The molecule has 0 bridgehead atoms. The van der Waals surface area contributed by atoms with Crippen molar-refractivity contribution in [1.82, 2.24) is 4.98 Å². The van der Waals surface area contributed by atoms with Crippen molar-refractivity contribution in [2.24, 2.45) is 4.99 Å². The summed E-state index contributed by atoms with van der Waals surface area (Å²) in [5.41, 5.74) is -0.0241. The average molecular weight is 418 g/mol. The van der Waals surface area contributed by atoms with Crippen LogP contribution in [0.3, 0.4) is 0 Å². The summed E-state index contributed by atoms with van der Waals surface area (Å²) < 4.78 is 44.0. The SMILES string of the molecule is COc1cc(N/C(=N/C(=O)c2cc(C)nc(Cl)c2)SC)cc(C(F)(F)F)c1. The van der Waals surface area contributed by atoms with E-state index in [-0.39, 0.29) is 27.3 Å². The van der Waals surface area contributed by atoms with Gasteiger partial charge in [-0.15, -0.1) is 0 Å². The molecular formula is C17H15ClF3N3O2S. The summed E-state index contributed by atoms with van der Waals surface area (Å²) in [5.74, 6) is -0.575. The molecule has 27 heavy (non-hydrogen) atoms. The van der Waals surface area contributed by atoms with Gasteiger partial charge in [0.15, 0.2) is 5.17 Å². The molecule has 1 aromatic heterocycles. The summed E-state index contributed by atoms with van der Waals surface area (Å²) in [5, 5.41) is 2.97. The maximum Gasteiger partial charge on any atom is 0.416 e. The first kappa shape index (κ1) is 21.0. The average Bonchev–Trinajstić information content (AvgIpc) is 2.59. The van der Waals surface area contributed by atoms with Crippen molar-refractivity contribution in [3.8, 4) is 5.75 Å². The van der Waals surface area contributed by atoms with Crippen LogP contribution >= 0.6 is 23.4 Å². The molecule has 0 radical (unpaired) electrons. The molecule has 0 aliphatic heterocycles. The number of nitrogens with zero attached hydrogens (tertiary/aromatic N) is 2. The van der Waals surface area contributed by atoms with Gasteiger partial charge < -0.3 is 10.1 Å². The minimum Gasteiger partial charge on any atom is -0.497 e. The van der Waals surface area contributed by atoms with Crippen molar-refractivity contribution in [1.29, 1.82) is 0 Å². The fraction of sp³-hybridized carbons (Fsp3) is 0.235. The fourth-order valence-corrected chi connectivity index (χ4v) is 2.75. The third-order valence-corrected chi connectivity index (χ3v) is 4.06. The van der Waals surface area contributed by atoms with Crippen LogP contribution in [0.25, 0.3) is 0 Å². The lowest BCUT2D eigenvalue weighted by molar-refractivity contribution is -0.137. The van der Waals surface area contributed by atoms with Crippen LogP contribution in [-0.4, -0.2) is 29.4 Å². The van der Waals surface area contributed by atoms with Gasteiger partial charge in [-0.25, -0.2) is 4.98 Å². The molecule has 0 spiro atoms. The number of aromatic nitrogens is 1. The number of carbonyl (C=O) groups excluding carboxylic acids is 1. The molecule has 1 amide bonds. The number of alkyl halides is 3.